The lowest BCUT2D eigenvalue weighted by Gasteiger charge is -2.19. The summed E-state index contributed by atoms with van der Waals surface area (Å²) < 4.78 is 31.9. The number of rotatable bonds is 6. The zero-order chi connectivity index (χ0) is 18.6. The summed E-state index contributed by atoms with van der Waals surface area (Å²) in [6, 6.07) is 12.1. The molecule has 0 saturated heterocycles. The number of aryl methyl sites for hydroxylation is 2. The van der Waals surface area contributed by atoms with E-state index in [1.54, 1.807) is 36.4 Å². The van der Waals surface area contributed by atoms with Crippen LogP contribution in [0.5, 0.6) is 5.75 Å². The fourth-order valence-corrected chi connectivity index (χ4v) is 3.65. The van der Waals surface area contributed by atoms with Crippen molar-refractivity contribution < 1.29 is 17.9 Å². The molecule has 7 heteroatoms. The molecule has 1 N–H and O–H groups in total. The second-order valence-electron chi connectivity index (χ2n) is 5.76. The predicted molar refractivity (Wildman–Crippen MR) is 97.4 cm³/mol. The molecule has 6 nitrogen and oxygen atoms in total. The monoisotopic (exact) mass is 362 g/mol. The molecule has 0 unspecified atom stereocenters. The van der Waals surface area contributed by atoms with Crippen molar-refractivity contribution in [1.82, 2.24) is 4.31 Å². The van der Waals surface area contributed by atoms with Crippen LogP contribution >= 0.6 is 0 Å². The van der Waals surface area contributed by atoms with Gasteiger partial charge in [0.2, 0.25) is 15.9 Å². The Hall–Kier alpha value is -2.38. The Bertz CT molecular complexity index is 864. The smallest absolute Gasteiger partial charge is 0.246 e. The van der Waals surface area contributed by atoms with Crippen molar-refractivity contribution in [2.45, 2.75) is 18.7 Å². The maximum absolute atomic E-state index is 12.8. The molecule has 2 aromatic rings. The Morgan fingerprint density at radius 3 is 2.32 bits per heavy atom. The summed E-state index contributed by atoms with van der Waals surface area (Å²) in [5.41, 5.74) is 2.38. The van der Waals surface area contributed by atoms with Gasteiger partial charge in [0.1, 0.15) is 10.6 Å². The number of nitrogens with one attached hydrogen (secondary N) is 1. The van der Waals surface area contributed by atoms with Gasteiger partial charge in [-0.25, -0.2) is 8.42 Å². The van der Waals surface area contributed by atoms with Gasteiger partial charge in [-0.1, -0.05) is 18.2 Å². The zero-order valence-electron chi connectivity index (χ0n) is 14.7. The van der Waals surface area contributed by atoms with E-state index in [0.29, 0.717) is 5.69 Å². The van der Waals surface area contributed by atoms with E-state index in [1.807, 2.05) is 19.9 Å². The minimum absolute atomic E-state index is 0.0492. The average Bonchev–Trinajstić information content (AvgIpc) is 2.57. The molecule has 0 aliphatic heterocycles. The molecule has 0 spiro atoms. The molecule has 0 aromatic heterocycles. The molecule has 134 valence electrons. The third-order valence-corrected chi connectivity index (χ3v) is 5.72. The maximum Gasteiger partial charge on any atom is 0.246 e. The summed E-state index contributed by atoms with van der Waals surface area (Å²) >= 11 is 0. The molecule has 0 atom stereocenters. The molecule has 25 heavy (non-hydrogen) atoms. The van der Waals surface area contributed by atoms with E-state index in [1.165, 1.54) is 14.2 Å². The van der Waals surface area contributed by atoms with Crippen LogP contribution in [-0.2, 0) is 14.8 Å². The minimum atomic E-state index is -3.86. The van der Waals surface area contributed by atoms with Crippen molar-refractivity contribution in [3.63, 3.8) is 0 Å². The van der Waals surface area contributed by atoms with Crippen molar-refractivity contribution >= 4 is 21.6 Å². The van der Waals surface area contributed by atoms with Crippen molar-refractivity contribution in [1.29, 1.82) is 0 Å². The summed E-state index contributed by atoms with van der Waals surface area (Å²) in [6.45, 7) is 3.41. The van der Waals surface area contributed by atoms with Crippen LogP contribution in [0.25, 0.3) is 0 Å². The summed E-state index contributed by atoms with van der Waals surface area (Å²) in [7, 11) is -1.07. The first-order valence-corrected chi connectivity index (χ1v) is 9.16. The van der Waals surface area contributed by atoms with Crippen LogP contribution < -0.4 is 10.1 Å². The number of nitrogens with zero attached hydrogens (tertiary/aromatic N) is 1. The third-order valence-electron chi connectivity index (χ3n) is 3.89. The quantitative estimate of drug-likeness (QED) is 0.857. The molecule has 0 aliphatic carbocycles. The van der Waals surface area contributed by atoms with Gasteiger partial charge >= 0.3 is 0 Å². The molecule has 0 aliphatic rings. The molecule has 2 aromatic carbocycles. The molecule has 2 rings (SSSR count). The lowest BCUT2D eigenvalue weighted by molar-refractivity contribution is -0.116. The number of carbonyl (C=O) groups excluding carboxylic acids is 1. The number of hydrogen-bond acceptors (Lipinski definition) is 4. The number of likely N-dealkylation sites (N-methyl/N-ethyl adjacent to an activating group) is 1. The molecular weight excluding hydrogens is 340 g/mol. The number of amides is 1. The highest BCUT2D eigenvalue weighted by atomic mass is 32.2. The molecule has 0 heterocycles. The minimum Gasteiger partial charge on any atom is -0.495 e. The number of methoxy groups -OCH3 is 1. The first kappa shape index (κ1) is 19.0. The first-order valence-electron chi connectivity index (χ1n) is 7.72. The molecule has 1 amide bonds. The third kappa shape index (κ3) is 4.37. The van der Waals surface area contributed by atoms with Gasteiger partial charge in [-0.05, 0) is 49.2 Å². The second kappa shape index (κ2) is 7.67. The Morgan fingerprint density at radius 2 is 1.72 bits per heavy atom. The normalized spacial score (nSPS) is 11.4. The molecule has 0 bridgehead atoms. The molecule has 0 radical (unpaired) electrons. The summed E-state index contributed by atoms with van der Waals surface area (Å²) in [6.07, 6.45) is 0. The van der Waals surface area contributed by atoms with E-state index in [0.717, 1.165) is 15.4 Å². The van der Waals surface area contributed by atoms with Gasteiger partial charge in [0, 0.05) is 12.7 Å². The summed E-state index contributed by atoms with van der Waals surface area (Å²) in [5, 5.41) is 2.67. The topological polar surface area (TPSA) is 75.7 Å². The lowest BCUT2D eigenvalue weighted by Crippen LogP contribution is -2.35. The number of benzene rings is 2. The SMILES string of the molecule is COc1cc(C)c(C)cc1S(=O)(=O)N(C)CC(=O)Nc1ccccc1. The standard InChI is InChI=1S/C18H22N2O4S/c1-13-10-16(24-4)17(11-14(13)2)25(22,23)20(3)12-18(21)19-15-8-6-5-7-9-15/h5-11H,12H2,1-4H3,(H,19,21). The van der Waals surface area contributed by atoms with Crippen molar-refractivity contribution in [2.75, 3.05) is 26.0 Å². The van der Waals surface area contributed by atoms with Gasteiger partial charge < -0.3 is 10.1 Å². The first-order chi connectivity index (χ1) is 11.8. The maximum atomic E-state index is 12.8. The van der Waals surface area contributed by atoms with E-state index in [2.05, 4.69) is 5.32 Å². The van der Waals surface area contributed by atoms with Crippen molar-refractivity contribution in [3.8, 4) is 5.75 Å². The molecular formula is C18H22N2O4S. The van der Waals surface area contributed by atoms with Gasteiger partial charge in [0.25, 0.3) is 0 Å². The van der Waals surface area contributed by atoms with Crippen LogP contribution in [0.2, 0.25) is 0 Å². The van der Waals surface area contributed by atoms with E-state index >= 15 is 0 Å². The van der Waals surface area contributed by atoms with E-state index in [-0.39, 0.29) is 17.2 Å². The van der Waals surface area contributed by atoms with Crippen LogP contribution in [0.3, 0.4) is 0 Å². The second-order valence-corrected chi connectivity index (χ2v) is 7.78. The highest BCUT2D eigenvalue weighted by molar-refractivity contribution is 7.89. The highest BCUT2D eigenvalue weighted by Crippen LogP contribution is 2.29. The van der Waals surface area contributed by atoms with Crippen LogP contribution in [0.15, 0.2) is 47.4 Å². The summed E-state index contributed by atoms with van der Waals surface area (Å²) in [5.74, 6) is -0.154. The van der Waals surface area contributed by atoms with Crippen LogP contribution in [0, 0.1) is 13.8 Å². The Kier molecular flexibility index (Phi) is 5.81. The fraction of sp³-hybridized carbons (Fsp3) is 0.278. The van der Waals surface area contributed by atoms with Crippen molar-refractivity contribution in [2.24, 2.45) is 0 Å². The predicted octanol–water partition coefficient (Wildman–Crippen LogP) is 2.57. The number of sulfonamides is 1. The highest BCUT2D eigenvalue weighted by Gasteiger charge is 2.27. The number of ether oxygens (including phenoxy) is 1. The van der Waals surface area contributed by atoms with Crippen molar-refractivity contribution in [3.05, 3.63) is 53.6 Å². The number of carbonyl (C=O) groups is 1. The van der Waals surface area contributed by atoms with Gasteiger partial charge in [-0.3, -0.25) is 4.79 Å². The van der Waals surface area contributed by atoms with Gasteiger partial charge in [0.15, 0.2) is 0 Å². The number of anilines is 1. The van der Waals surface area contributed by atoms with E-state index < -0.39 is 15.9 Å². The van der Waals surface area contributed by atoms with Crippen LogP contribution in [-0.4, -0.2) is 39.3 Å². The van der Waals surface area contributed by atoms with Gasteiger partial charge in [-0.15, -0.1) is 0 Å². The van der Waals surface area contributed by atoms with Gasteiger partial charge in [-0.2, -0.15) is 4.31 Å². The van der Waals surface area contributed by atoms with Gasteiger partial charge in [0.05, 0.1) is 13.7 Å². The summed E-state index contributed by atoms with van der Waals surface area (Å²) in [4.78, 5) is 12.2. The molecule has 0 saturated carbocycles. The number of para-hydroxylation sites is 1. The number of hydrogen-bond donors (Lipinski definition) is 1. The Labute approximate surface area is 148 Å². The zero-order valence-corrected chi connectivity index (χ0v) is 15.6. The van der Waals surface area contributed by atoms with E-state index in [9.17, 15) is 13.2 Å². The lowest BCUT2D eigenvalue weighted by atomic mass is 10.1. The van der Waals surface area contributed by atoms with Crippen LogP contribution in [0.1, 0.15) is 11.1 Å². The Balaban J connectivity index is 2.22. The Morgan fingerprint density at radius 1 is 1.12 bits per heavy atom. The molecule has 0 fully saturated rings. The average molecular weight is 362 g/mol. The fourth-order valence-electron chi connectivity index (χ4n) is 2.30. The van der Waals surface area contributed by atoms with E-state index in [4.69, 9.17) is 4.74 Å². The largest absolute Gasteiger partial charge is 0.495 e. The van der Waals surface area contributed by atoms with Crippen LogP contribution in [0.4, 0.5) is 5.69 Å².